The fraction of sp³-hybridized carbons (Fsp3) is 0. The fourth-order valence-electron chi connectivity index (χ4n) is 1.48. The van der Waals surface area contributed by atoms with Crippen molar-refractivity contribution in [3.63, 3.8) is 0 Å². The van der Waals surface area contributed by atoms with E-state index >= 15 is 0 Å². The third kappa shape index (κ3) is 2.84. The number of imide groups is 1. The molecule has 1 N–H and O–H groups in total. The minimum absolute atomic E-state index is 0.406. The predicted molar refractivity (Wildman–Crippen MR) is 72.4 cm³/mol. The first-order valence-electron chi connectivity index (χ1n) is 5.34. The summed E-state index contributed by atoms with van der Waals surface area (Å²) in [7, 11) is 0. The van der Waals surface area contributed by atoms with Gasteiger partial charge in [0, 0.05) is 10.0 Å². The van der Waals surface area contributed by atoms with Gasteiger partial charge in [-0.1, -0.05) is 30.3 Å². The maximum Gasteiger partial charge on any atom is 0.259 e. The highest BCUT2D eigenvalue weighted by Crippen LogP contribution is 2.15. The average Bonchev–Trinajstić information content (AvgIpc) is 2.40. The summed E-state index contributed by atoms with van der Waals surface area (Å²) in [5.74, 6) is -0.826. The summed E-state index contributed by atoms with van der Waals surface area (Å²) in [5, 5.41) is 2.35. The molecular formula is C14H10BrNO2. The van der Waals surface area contributed by atoms with Crippen molar-refractivity contribution in [2.75, 3.05) is 0 Å². The van der Waals surface area contributed by atoms with Crippen molar-refractivity contribution < 1.29 is 9.59 Å². The van der Waals surface area contributed by atoms with Crippen LogP contribution in [0.1, 0.15) is 20.7 Å². The minimum atomic E-state index is -0.420. The van der Waals surface area contributed by atoms with Crippen LogP contribution in [0.4, 0.5) is 0 Å². The van der Waals surface area contributed by atoms with Crippen LogP contribution < -0.4 is 5.32 Å². The molecule has 0 aliphatic heterocycles. The molecular weight excluding hydrogens is 294 g/mol. The fourth-order valence-corrected chi connectivity index (χ4v) is 1.94. The molecule has 0 spiro atoms. The Hall–Kier alpha value is -1.94. The zero-order valence-corrected chi connectivity index (χ0v) is 11.0. The molecule has 3 nitrogen and oxygen atoms in total. The molecule has 0 saturated heterocycles. The summed E-state index contributed by atoms with van der Waals surface area (Å²) in [5.41, 5.74) is 0.889. The van der Waals surface area contributed by atoms with E-state index in [0.717, 1.165) is 0 Å². The van der Waals surface area contributed by atoms with Crippen LogP contribution in [-0.4, -0.2) is 11.8 Å². The molecule has 2 aromatic rings. The Balaban J connectivity index is 2.14. The maximum atomic E-state index is 11.9. The van der Waals surface area contributed by atoms with E-state index in [1.165, 1.54) is 0 Å². The number of nitrogens with one attached hydrogen (secondary N) is 1. The van der Waals surface area contributed by atoms with Gasteiger partial charge >= 0.3 is 0 Å². The molecule has 2 aromatic carbocycles. The number of hydrogen-bond donors (Lipinski definition) is 1. The van der Waals surface area contributed by atoms with Crippen molar-refractivity contribution in [3.05, 3.63) is 70.2 Å². The Labute approximate surface area is 113 Å². The number of carbonyl (C=O) groups excluding carboxylic acids is 2. The van der Waals surface area contributed by atoms with Crippen LogP contribution in [0.3, 0.4) is 0 Å². The first-order chi connectivity index (χ1) is 8.68. The molecule has 2 rings (SSSR count). The molecule has 0 atom stereocenters. The first-order valence-corrected chi connectivity index (χ1v) is 6.13. The first kappa shape index (κ1) is 12.5. The molecule has 0 fully saturated rings. The van der Waals surface area contributed by atoms with Crippen LogP contribution >= 0.6 is 15.9 Å². The highest BCUT2D eigenvalue weighted by Gasteiger charge is 2.13. The van der Waals surface area contributed by atoms with Crippen LogP contribution in [0.25, 0.3) is 0 Å². The molecule has 0 radical (unpaired) electrons. The van der Waals surface area contributed by atoms with E-state index in [0.29, 0.717) is 15.6 Å². The topological polar surface area (TPSA) is 46.2 Å². The van der Waals surface area contributed by atoms with E-state index in [9.17, 15) is 9.59 Å². The third-order valence-electron chi connectivity index (χ3n) is 2.38. The summed E-state index contributed by atoms with van der Waals surface area (Å²) in [4.78, 5) is 23.7. The van der Waals surface area contributed by atoms with Crippen molar-refractivity contribution in [2.24, 2.45) is 0 Å². The molecule has 0 aromatic heterocycles. The molecule has 0 aliphatic rings. The molecule has 2 amide bonds. The van der Waals surface area contributed by atoms with Gasteiger partial charge in [0.05, 0.1) is 5.56 Å². The van der Waals surface area contributed by atoms with E-state index in [2.05, 4.69) is 21.2 Å². The van der Waals surface area contributed by atoms with Crippen molar-refractivity contribution >= 4 is 27.7 Å². The van der Waals surface area contributed by atoms with Gasteiger partial charge in [0.2, 0.25) is 0 Å². The normalized spacial score (nSPS) is 9.83. The Morgan fingerprint density at radius 1 is 0.833 bits per heavy atom. The Kier molecular flexibility index (Phi) is 3.89. The maximum absolute atomic E-state index is 11.9. The van der Waals surface area contributed by atoms with Crippen molar-refractivity contribution in [2.45, 2.75) is 0 Å². The second kappa shape index (κ2) is 5.60. The molecule has 0 aliphatic carbocycles. The quantitative estimate of drug-likeness (QED) is 0.867. The lowest BCUT2D eigenvalue weighted by atomic mass is 10.2. The van der Waals surface area contributed by atoms with Crippen molar-refractivity contribution in [1.82, 2.24) is 5.32 Å². The van der Waals surface area contributed by atoms with Gasteiger partial charge in [0.25, 0.3) is 11.8 Å². The molecule has 4 heteroatoms. The minimum Gasteiger partial charge on any atom is -0.288 e. The van der Waals surface area contributed by atoms with E-state index < -0.39 is 11.8 Å². The number of hydrogen-bond acceptors (Lipinski definition) is 2. The zero-order valence-electron chi connectivity index (χ0n) is 9.39. The van der Waals surface area contributed by atoms with Crippen LogP contribution in [0, 0.1) is 0 Å². The average molecular weight is 304 g/mol. The van der Waals surface area contributed by atoms with Crippen LogP contribution in [0.2, 0.25) is 0 Å². The Bertz CT molecular complexity index is 581. The lowest BCUT2D eigenvalue weighted by Crippen LogP contribution is -2.30. The smallest absolute Gasteiger partial charge is 0.259 e. The lowest BCUT2D eigenvalue weighted by Gasteiger charge is -2.05. The lowest BCUT2D eigenvalue weighted by molar-refractivity contribution is 0.0849. The highest BCUT2D eigenvalue weighted by atomic mass is 79.9. The third-order valence-corrected chi connectivity index (χ3v) is 3.07. The molecule has 0 heterocycles. The largest absolute Gasteiger partial charge is 0.288 e. The number of benzene rings is 2. The summed E-state index contributed by atoms with van der Waals surface area (Å²) in [6.07, 6.45) is 0. The second-order valence-electron chi connectivity index (χ2n) is 3.63. The predicted octanol–water partition coefficient (Wildman–Crippen LogP) is 3.02. The highest BCUT2D eigenvalue weighted by molar-refractivity contribution is 9.10. The Morgan fingerprint density at radius 3 is 2.11 bits per heavy atom. The SMILES string of the molecule is O=C(NC(=O)c1ccccc1Br)c1ccccc1. The summed E-state index contributed by atoms with van der Waals surface area (Å²) < 4.78 is 0.656. The molecule has 90 valence electrons. The second-order valence-corrected chi connectivity index (χ2v) is 4.48. The summed E-state index contributed by atoms with van der Waals surface area (Å²) in [6, 6.07) is 15.6. The van der Waals surface area contributed by atoms with Gasteiger partial charge in [-0.2, -0.15) is 0 Å². The van der Waals surface area contributed by atoms with E-state index in [1.807, 2.05) is 6.07 Å². The number of rotatable bonds is 2. The summed E-state index contributed by atoms with van der Waals surface area (Å²) >= 11 is 3.27. The van der Waals surface area contributed by atoms with Gasteiger partial charge in [0.1, 0.15) is 0 Å². The number of halogens is 1. The molecule has 0 unspecified atom stereocenters. The number of carbonyl (C=O) groups is 2. The molecule has 0 saturated carbocycles. The van der Waals surface area contributed by atoms with Crippen LogP contribution in [-0.2, 0) is 0 Å². The number of amides is 2. The molecule has 18 heavy (non-hydrogen) atoms. The Morgan fingerprint density at radius 2 is 1.44 bits per heavy atom. The van der Waals surface area contributed by atoms with E-state index in [1.54, 1.807) is 48.5 Å². The monoisotopic (exact) mass is 303 g/mol. The standard InChI is InChI=1S/C14H10BrNO2/c15-12-9-5-4-8-11(12)14(18)16-13(17)10-6-2-1-3-7-10/h1-9H,(H,16,17,18). The van der Waals surface area contributed by atoms with Gasteiger partial charge in [-0.15, -0.1) is 0 Å². The van der Waals surface area contributed by atoms with Gasteiger partial charge < -0.3 is 0 Å². The van der Waals surface area contributed by atoms with Gasteiger partial charge in [0.15, 0.2) is 0 Å². The molecule has 0 bridgehead atoms. The van der Waals surface area contributed by atoms with Gasteiger partial charge in [-0.25, -0.2) is 0 Å². The van der Waals surface area contributed by atoms with Crippen molar-refractivity contribution in [1.29, 1.82) is 0 Å². The van der Waals surface area contributed by atoms with Gasteiger partial charge in [-0.05, 0) is 40.2 Å². The zero-order chi connectivity index (χ0) is 13.0. The van der Waals surface area contributed by atoms with Crippen LogP contribution in [0.5, 0.6) is 0 Å². The van der Waals surface area contributed by atoms with E-state index in [4.69, 9.17) is 0 Å². The van der Waals surface area contributed by atoms with E-state index in [-0.39, 0.29) is 0 Å². The summed E-state index contributed by atoms with van der Waals surface area (Å²) in [6.45, 7) is 0. The van der Waals surface area contributed by atoms with Gasteiger partial charge in [-0.3, -0.25) is 14.9 Å². The van der Waals surface area contributed by atoms with Crippen LogP contribution in [0.15, 0.2) is 59.1 Å². The van der Waals surface area contributed by atoms with Crippen molar-refractivity contribution in [3.8, 4) is 0 Å².